The molecule has 5 heteroatoms. The Bertz CT molecular complexity index is 340. The fourth-order valence-electron chi connectivity index (χ4n) is 1.06. The Hall–Kier alpha value is -0.960. The molecule has 0 atom stereocenters. The van der Waals surface area contributed by atoms with Crippen molar-refractivity contribution in [1.29, 1.82) is 5.26 Å². The highest BCUT2D eigenvalue weighted by Gasteiger charge is 2.10. The van der Waals surface area contributed by atoms with E-state index in [0.717, 1.165) is 17.2 Å². The van der Waals surface area contributed by atoms with Crippen molar-refractivity contribution in [1.82, 2.24) is 9.88 Å². The molecule has 4 nitrogen and oxygen atoms in total. The van der Waals surface area contributed by atoms with E-state index in [4.69, 9.17) is 10.00 Å². The molecule has 0 radical (unpaired) electrons. The van der Waals surface area contributed by atoms with Crippen molar-refractivity contribution in [2.45, 2.75) is 13.2 Å². The van der Waals surface area contributed by atoms with Gasteiger partial charge in [0, 0.05) is 13.7 Å². The second kappa shape index (κ2) is 5.05. The standard InChI is InChI=1S/C9H13N3OS/c1-12(2)5-9-11-7(6-13-3)8(4-10)14-9/h5-6H2,1-3H3. The number of aromatic nitrogens is 1. The third-order valence-corrected chi connectivity index (χ3v) is 2.56. The van der Waals surface area contributed by atoms with Crippen LogP contribution in [0, 0.1) is 11.3 Å². The summed E-state index contributed by atoms with van der Waals surface area (Å²) in [6, 6.07) is 2.13. The summed E-state index contributed by atoms with van der Waals surface area (Å²) in [7, 11) is 5.55. The molecule has 76 valence electrons. The number of nitriles is 1. The van der Waals surface area contributed by atoms with Crippen molar-refractivity contribution in [2.75, 3.05) is 21.2 Å². The molecule has 0 unspecified atom stereocenters. The minimum atomic E-state index is 0.410. The molecule has 1 heterocycles. The first-order valence-electron chi connectivity index (χ1n) is 4.19. The number of ether oxygens (including phenoxy) is 1. The molecule has 1 aromatic heterocycles. The predicted octanol–water partition coefficient (Wildman–Crippen LogP) is 1.22. The van der Waals surface area contributed by atoms with Crippen LogP contribution in [0.3, 0.4) is 0 Å². The maximum atomic E-state index is 8.84. The lowest BCUT2D eigenvalue weighted by Crippen LogP contribution is -2.10. The van der Waals surface area contributed by atoms with E-state index >= 15 is 0 Å². The van der Waals surface area contributed by atoms with E-state index in [2.05, 4.69) is 11.1 Å². The number of nitrogens with zero attached hydrogens (tertiary/aromatic N) is 3. The highest BCUT2D eigenvalue weighted by atomic mass is 32.1. The van der Waals surface area contributed by atoms with Crippen molar-refractivity contribution in [3.63, 3.8) is 0 Å². The lowest BCUT2D eigenvalue weighted by Gasteiger charge is -2.04. The van der Waals surface area contributed by atoms with Gasteiger partial charge in [-0.25, -0.2) is 4.98 Å². The molecular weight excluding hydrogens is 198 g/mol. The number of thiazole rings is 1. The van der Waals surface area contributed by atoms with Gasteiger partial charge in [0.15, 0.2) is 0 Å². The third-order valence-electron chi connectivity index (χ3n) is 1.58. The molecule has 0 aliphatic carbocycles. The normalized spacial score (nSPS) is 10.5. The van der Waals surface area contributed by atoms with Crippen LogP contribution >= 0.6 is 11.3 Å². The lowest BCUT2D eigenvalue weighted by atomic mass is 10.4. The zero-order chi connectivity index (χ0) is 10.6. The van der Waals surface area contributed by atoms with Gasteiger partial charge in [0.2, 0.25) is 0 Å². The van der Waals surface area contributed by atoms with Crippen LogP contribution in [0.15, 0.2) is 0 Å². The van der Waals surface area contributed by atoms with Gasteiger partial charge in [-0.05, 0) is 14.1 Å². The summed E-state index contributed by atoms with van der Waals surface area (Å²) in [6.07, 6.45) is 0. The van der Waals surface area contributed by atoms with Crippen molar-refractivity contribution < 1.29 is 4.74 Å². The van der Waals surface area contributed by atoms with Crippen LogP contribution in [-0.4, -0.2) is 31.1 Å². The highest BCUT2D eigenvalue weighted by Crippen LogP contribution is 2.19. The molecule has 0 aliphatic heterocycles. The maximum absolute atomic E-state index is 8.84. The van der Waals surface area contributed by atoms with Gasteiger partial charge in [0.1, 0.15) is 16.0 Å². The maximum Gasteiger partial charge on any atom is 0.130 e. The SMILES string of the molecule is COCc1nc(CN(C)C)sc1C#N. The van der Waals surface area contributed by atoms with Gasteiger partial charge in [-0.15, -0.1) is 11.3 Å². The summed E-state index contributed by atoms with van der Waals surface area (Å²) in [4.78, 5) is 7.02. The Morgan fingerprint density at radius 2 is 2.29 bits per heavy atom. The molecule has 0 saturated heterocycles. The first-order chi connectivity index (χ1) is 6.67. The van der Waals surface area contributed by atoms with Gasteiger partial charge in [0.05, 0.1) is 12.3 Å². The van der Waals surface area contributed by atoms with E-state index in [9.17, 15) is 0 Å². The van der Waals surface area contributed by atoms with E-state index in [0.29, 0.717) is 11.5 Å². The van der Waals surface area contributed by atoms with Crippen LogP contribution in [-0.2, 0) is 17.9 Å². The summed E-state index contributed by atoms with van der Waals surface area (Å²) in [5.74, 6) is 0. The number of methoxy groups -OCH3 is 1. The Morgan fingerprint density at radius 3 is 2.79 bits per heavy atom. The largest absolute Gasteiger partial charge is 0.378 e. The van der Waals surface area contributed by atoms with Crippen LogP contribution in [0.1, 0.15) is 15.6 Å². The number of hydrogen-bond acceptors (Lipinski definition) is 5. The van der Waals surface area contributed by atoms with E-state index in [1.165, 1.54) is 11.3 Å². The van der Waals surface area contributed by atoms with Gasteiger partial charge in [0.25, 0.3) is 0 Å². The zero-order valence-corrected chi connectivity index (χ0v) is 9.39. The smallest absolute Gasteiger partial charge is 0.130 e. The Morgan fingerprint density at radius 1 is 1.57 bits per heavy atom. The molecule has 0 fully saturated rings. The van der Waals surface area contributed by atoms with Crippen molar-refractivity contribution in [2.24, 2.45) is 0 Å². The molecular formula is C9H13N3OS. The highest BCUT2D eigenvalue weighted by molar-refractivity contribution is 7.12. The summed E-state index contributed by atoms with van der Waals surface area (Å²) in [6.45, 7) is 1.18. The lowest BCUT2D eigenvalue weighted by molar-refractivity contribution is 0.181. The molecule has 0 bridgehead atoms. The summed E-state index contributed by atoms with van der Waals surface area (Å²) >= 11 is 1.43. The van der Waals surface area contributed by atoms with Crippen molar-refractivity contribution in [3.05, 3.63) is 15.6 Å². The molecule has 1 aromatic rings. The Labute approximate surface area is 87.7 Å². The van der Waals surface area contributed by atoms with E-state index < -0.39 is 0 Å². The van der Waals surface area contributed by atoms with Gasteiger partial charge in [-0.2, -0.15) is 5.26 Å². The third kappa shape index (κ3) is 2.77. The monoisotopic (exact) mass is 211 g/mol. The minimum absolute atomic E-state index is 0.410. The summed E-state index contributed by atoms with van der Waals surface area (Å²) in [5, 5.41) is 9.80. The minimum Gasteiger partial charge on any atom is -0.378 e. The second-order valence-corrected chi connectivity index (χ2v) is 4.25. The van der Waals surface area contributed by atoms with E-state index in [1.54, 1.807) is 7.11 Å². The Balaban J connectivity index is 2.84. The van der Waals surface area contributed by atoms with Crippen molar-refractivity contribution in [3.8, 4) is 6.07 Å². The molecule has 0 aromatic carbocycles. The molecule has 0 spiro atoms. The first kappa shape index (κ1) is 11.1. The average molecular weight is 211 g/mol. The Kier molecular flexibility index (Phi) is 4.01. The predicted molar refractivity (Wildman–Crippen MR) is 54.9 cm³/mol. The zero-order valence-electron chi connectivity index (χ0n) is 8.57. The molecule has 1 rings (SSSR count). The summed E-state index contributed by atoms with van der Waals surface area (Å²) < 4.78 is 4.97. The summed E-state index contributed by atoms with van der Waals surface area (Å²) in [5.41, 5.74) is 0.747. The van der Waals surface area contributed by atoms with Crippen LogP contribution in [0.5, 0.6) is 0 Å². The van der Waals surface area contributed by atoms with Gasteiger partial charge in [-0.3, -0.25) is 0 Å². The van der Waals surface area contributed by atoms with Crippen LogP contribution in [0.2, 0.25) is 0 Å². The molecule has 0 amide bonds. The van der Waals surface area contributed by atoms with E-state index in [1.807, 2.05) is 19.0 Å². The van der Waals surface area contributed by atoms with Gasteiger partial charge < -0.3 is 9.64 Å². The van der Waals surface area contributed by atoms with Crippen molar-refractivity contribution >= 4 is 11.3 Å². The van der Waals surface area contributed by atoms with E-state index in [-0.39, 0.29) is 0 Å². The number of hydrogen-bond donors (Lipinski definition) is 0. The molecule has 0 N–H and O–H groups in total. The molecule has 14 heavy (non-hydrogen) atoms. The van der Waals surface area contributed by atoms with Crippen LogP contribution in [0.4, 0.5) is 0 Å². The van der Waals surface area contributed by atoms with Crippen LogP contribution in [0.25, 0.3) is 0 Å². The molecule has 0 aliphatic rings. The first-order valence-corrected chi connectivity index (χ1v) is 5.01. The van der Waals surface area contributed by atoms with Crippen LogP contribution < -0.4 is 0 Å². The molecule has 0 saturated carbocycles. The number of rotatable bonds is 4. The fraction of sp³-hybridized carbons (Fsp3) is 0.556. The second-order valence-electron chi connectivity index (χ2n) is 3.17. The van der Waals surface area contributed by atoms with Gasteiger partial charge >= 0.3 is 0 Å². The van der Waals surface area contributed by atoms with Gasteiger partial charge in [-0.1, -0.05) is 0 Å². The fourth-order valence-corrected chi connectivity index (χ4v) is 2.04. The quantitative estimate of drug-likeness (QED) is 0.751. The average Bonchev–Trinajstić information content (AvgIpc) is 2.47. The topological polar surface area (TPSA) is 49.1 Å².